The monoisotopic (exact) mass is 1360 g/mol. The number of likely N-dealkylation sites (tertiary alicyclic amines) is 4. The van der Waals surface area contributed by atoms with Gasteiger partial charge in [0.1, 0.15) is 76.6 Å². The van der Waals surface area contributed by atoms with Crippen LogP contribution in [0.3, 0.4) is 0 Å². The zero-order valence-corrected chi connectivity index (χ0v) is 50.7. The average molecular weight is 1360 g/mol. The topological polar surface area (TPSA) is 278 Å². The number of aryl methyl sites for hydroxylation is 4. The Morgan fingerprint density at radius 2 is 0.771 bits per heavy atom. The molecule has 4 amide bonds. The van der Waals surface area contributed by atoms with Gasteiger partial charge in [0.05, 0.1) is 64.9 Å². The van der Waals surface area contributed by atoms with Crippen LogP contribution in [-0.4, -0.2) is 233 Å². The van der Waals surface area contributed by atoms with Gasteiger partial charge in [-0.15, -0.1) is 0 Å². The molecule has 504 valence electrons. The molecular formula is C68H88N24O4. The molecule has 8 aromatic rings. The Labute approximate surface area is 636 Å². The van der Waals surface area contributed by atoms with Gasteiger partial charge in [-0.25, -0.2) is 66.2 Å². The van der Waals surface area contributed by atoms with E-state index in [9.17, 15) is 21.9 Å². The van der Waals surface area contributed by atoms with Crippen LogP contribution in [0.1, 0.15) is 150 Å². The summed E-state index contributed by atoms with van der Waals surface area (Å²) >= 11 is 0. The van der Waals surface area contributed by atoms with Crippen molar-refractivity contribution in [3.63, 3.8) is 0 Å². The van der Waals surface area contributed by atoms with E-state index in [4.69, 9.17) is 97.6 Å². The number of carbonyl (C=O) groups is 4. The molecule has 12 rings (SSSR count). The molecule has 4 saturated heterocycles. The lowest BCUT2D eigenvalue weighted by Crippen LogP contribution is -2.53. The highest BCUT2D eigenvalue weighted by Crippen LogP contribution is 2.34. The molecular weight excluding hydrogens is 1220 g/mol. The summed E-state index contributed by atoms with van der Waals surface area (Å²) in [5, 5.41) is -1.45. The SMILES string of the molecule is [2H]c1nc(N(C([2H])([2H])[2H])[C@]2([2H])[C@H](C([2H])([2H])[2H])C([2H])([2H])C([2H])([2H])N(C(=O)C[N+]#[C-])C2([2H])[2H])c2c([2H])c(C)[nH]c2n1.[2H]c1nc(N(C([2H])([2H])[2H])[C@]2([2H])[C@H](C)C([2H])([2H])C([2H])([2H])N(C(=O)C[N+]#[C-])C2([2H])[2H])c2c([2H])c(C)[nH]c2n1.[2H]c1nc(N([C@H]2C([2H])([2H])N(C(=O)C[N+]#[C-])C([2H])([2H])C([2H])([2H])[C@@]2([2H])C([2H])([2H])[2H])C([2H])([2H])[2H])c2c([2H])c(C)[nH]c2n1.[2H]c1nc(N([C@H]2C([2H])([2H])N(C(=O)C[N+]#[C-])C([2H])([2H])C([2H])([2H])[C@@]2([2H])C)C([2H])([2H])[2H])c2c([2H])c(C)[nH]c2n1. The lowest BCUT2D eigenvalue weighted by molar-refractivity contribution is -0.131. The predicted octanol–water partition coefficient (Wildman–Crippen LogP) is 7.44. The molecule has 0 aromatic carbocycles. The second-order valence-corrected chi connectivity index (χ2v) is 19.9. The van der Waals surface area contributed by atoms with Gasteiger partial charge in [0, 0.05) is 152 Å². The van der Waals surface area contributed by atoms with Gasteiger partial charge in [0.15, 0.2) is 0 Å². The summed E-state index contributed by atoms with van der Waals surface area (Å²) in [5.74, 6) is -21.7. The molecule has 0 saturated carbocycles. The van der Waals surface area contributed by atoms with E-state index in [1.165, 1.54) is 27.7 Å². The average Bonchev–Trinajstić information content (AvgIpc) is 0.692. The van der Waals surface area contributed by atoms with Crippen LogP contribution < -0.4 is 19.6 Å². The second kappa shape index (κ2) is 31.2. The number of fused-ring (bicyclic) bond motifs is 4. The van der Waals surface area contributed by atoms with Crippen molar-refractivity contribution in [2.24, 2.45) is 23.6 Å². The van der Waals surface area contributed by atoms with E-state index in [1.807, 2.05) is 0 Å². The molecule has 28 heteroatoms. The minimum atomic E-state index is -4.00. The van der Waals surface area contributed by atoms with Gasteiger partial charge in [0.25, 0.3) is 26.2 Å². The molecule has 4 aliphatic rings. The van der Waals surface area contributed by atoms with E-state index in [2.05, 4.69) is 79.2 Å². The Morgan fingerprint density at radius 3 is 1.10 bits per heavy atom. The van der Waals surface area contributed by atoms with Crippen LogP contribution in [0.15, 0.2) is 49.4 Å². The number of nitrogens with one attached hydrogen (secondary N) is 4. The van der Waals surface area contributed by atoms with Crippen molar-refractivity contribution in [2.45, 2.75) is 105 Å². The Hall–Kier alpha value is -10.5. The van der Waals surface area contributed by atoms with E-state index >= 15 is 0 Å². The fourth-order valence-corrected chi connectivity index (χ4v) is 8.59. The zero-order valence-electron chi connectivity index (χ0n) is 105. The maximum Gasteiger partial charge on any atom is 0.302 e. The minimum absolute atomic E-state index is 0.0784. The third kappa shape index (κ3) is 15.8. The maximum absolute atomic E-state index is 12.9. The highest BCUT2D eigenvalue weighted by Gasteiger charge is 2.38. The largest absolute Gasteiger partial charge is 0.354 e. The van der Waals surface area contributed by atoms with E-state index in [0.717, 1.165) is 13.8 Å². The number of likely N-dealkylation sites (N-methyl/N-ethyl adjacent to an activating group) is 4. The first-order valence-electron chi connectivity index (χ1n) is 54.3. The molecule has 4 aliphatic heterocycles. The number of aromatic nitrogens is 12. The Bertz CT molecular complexity index is 6850. The zero-order chi connectivity index (χ0) is 116. The number of anilines is 4. The summed E-state index contributed by atoms with van der Waals surface area (Å²) in [6, 6.07) is -14.3. The summed E-state index contributed by atoms with van der Waals surface area (Å²) in [4.78, 5) is 102. The van der Waals surface area contributed by atoms with E-state index in [0.29, 0.717) is 0 Å². The molecule has 0 radical (unpaired) electrons. The third-order valence-electron chi connectivity index (χ3n) is 13.0. The molecule has 0 aliphatic carbocycles. The van der Waals surface area contributed by atoms with E-state index < -0.39 is 293 Å². The number of hydrogen-bond acceptors (Lipinski definition) is 16. The van der Waals surface area contributed by atoms with Crippen molar-refractivity contribution < 1.29 is 93.2 Å². The van der Waals surface area contributed by atoms with Crippen LogP contribution in [0.4, 0.5) is 23.3 Å². The third-order valence-corrected chi connectivity index (χ3v) is 13.0. The molecule has 28 nitrogen and oxygen atoms in total. The molecule has 12 heterocycles. The van der Waals surface area contributed by atoms with Gasteiger partial charge in [-0.3, -0.25) is 19.2 Å². The van der Waals surface area contributed by atoms with Crippen LogP contribution >= 0.6 is 0 Å². The van der Waals surface area contributed by atoms with Gasteiger partial charge in [-0.05, 0) is 101 Å². The highest BCUT2D eigenvalue weighted by molar-refractivity contribution is 5.91. The normalized spacial score (nSPS) is 39.2. The van der Waals surface area contributed by atoms with E-state index in [1.54, 1.807) is 0 Å². The summed E-state index contributed by atoms with van der Waals surface area (Å²) in [5.41, 5.74) is -0.300. The van der Waals surface area contributed by atoms with Gasteiger partial charge in [-0.1, -0.05) is 27.6 Å². The number of piperidine rings is 4. The fourth-order valence-electron chi connectivity index (χ4n) is 8.59. The molecule has 0 unspecified atom stereocenters. The van der Waals surface area contributed by atoms with Crippen molar-refractivity contribution in [1.29, 1.82) is 0 Å². The summed E-state index contributed by atoms with van der Waals surface area (Å²) in [6.45, 7) is -20.7. The number of nitrogens with zero attached hydrogens (tertiary/aromatic N) is 20. The first-order chi connectivity index (χ1) is 67.1. The quantitative estimate of drug-likeness (QED) is 0.0865. The standard InChI is InChI=1S/4C17H22N6O/c4*1-11-5-6-23(15(24)8-18-3)9-14(11)22(4)17-13-7-12(2)21-16(13)19-10-20-17/h4*7,10-11,14H,5-6,8-9H2,1-2,4H3,(H,19,20,21)/t4*11-,14+/m1111/s1/i1D3,4D3,5D2,6D2,7D,9D2,10D,14D;1D3,4D3,5D2,6D2,7D,9D2,10D,11D;4D3,5D2,6D2,7D,9D2,10D,14D;4D3,5D2,6D2,7D,9D2,10D,11D. The molecule has 4 N–H and O–H groups in total. The van der Waals surface area contributed by atoms with Crippen LogP contribution in [-0.2, 0) is 19.2 Å². The summed E-state index contributed by atoms with van der Waals surface area (Å²) in [6.07, 6.45) is -17.7. The first-order valence-corrected chi connectivity index (χ1v) is 27.3. The Morgan fingerprint density at radius 1 is 0.469 bits per heavy atom. The fraction of sp³-hybridized carbons (Fsp3) is 0.529. The van der Waals surface area contributed by atoms with Crippen molar-refractivity contribution in [3.8, 4) is 0 Å². The van der Waals surface area contributed by atoms with Gasteiger partial charge < -0.3 is 78.5 Å². The van der Waals surface area contributed by atoms with Gasteiger partial charge in [0.2, 0.25) is 0 Å². The van der Waals surface area contributed by atoms with Crippen LogP contribution in [0.2, 0.25) is 0 Å². The highest BCUT2D eigenvalue weighted by atomic mass is 16.2. The lowest BCUT2D eigenvalue weighted by atomic mass is 9.92. The van der Waals surface area contributed by atoms with Crippen molar-refractivity contribution in [1.82, 2.24) is 79.4 Å². The number of hydrogen-bond donors (Lipinski definition) is 4. The molecule has 8 atom stereocenters. The Balaban J connectivity index is 0.000000222. The molecule has 96 heavy (non-hydrogen) atoms. The van der Waals surface area contributed by atoms with Crippen molar-refractivity contribution in [2.75, 3.05) is 126 Å². The van der Waals surface area contributed by atoms with E-state index in [-0.39, 0.29) is 103 Å². The van der Waals surface area contributed by atoms with Crippen LogP contribution in [0.5, 0.6) is 0 Å². The van der Waals surface area contributed by atoms with Crippen LogP contribution in [0.25, 0.3) is 63.5 Å². The van der Waals surface area contributed by atoms with Crippen molar-refractivity contribution >= 4 is 91.0 Å². The molecule has 0 bridgehead atoms. The number of aromatic amines is 4. The molecule has 8 aromatic heterocycles. The summed E-state index contributed by atoms with van der Waals surface area (Å²) in [7, 11) is 0. The number of H-pyrrole nitrogens is 4. The number of amides is 4. The minimum Gasteiger partial charge on any atom is -0.354 e. The maximum atomic E-state index is 12.9. The first kappa shape index (κ1) is 28.1. The van der Waals surface area contributed by atoms with Crippen molar-refractivity contribution in [3.05, 3.63) is 118 Å². The molecule has 4 fully saturated rings. The smallest absolute Gasteiger partial charge is 0.302 e. The molecule has 0 spiro atoms. The Kier molecular flexibility index (Phi) is 9.12. The number of carbonyl (C=O) groups excluding carboxylic acids is 4. The van der Waals surface area contributed by atoms with Crippen LogP contribution in [0, 0.1) is 77.6 Å². The van der Waals surface area contributed by atoms with Gasteiger partial charge in [-0.2, -0.15) is 0 Å². The lowest BCUT2D eigenvalue weighted by Gasteiger charge is -2.41. The van der Waals surface area contributed by atoms with Gasteiger partial charge >= 0.3 is 23.6 Å². The summed E-state index contributed by atoms with van der Waals surface area (Å²) < 4.78 is 452. The predicted molar refractivity (Wildman–Crippen MR) is 371 cm³/mol. The second-order valence-electron chi connectivity index (χ2n) is 19.9. The number of rotatable bonds is 12.